The van der Waals surface area contributed by atoms with Gasteiger partial charge in [-0.25, -0.2) is 4.79 Å². The van der Waals surface area contributed by atoms with Crippen LogP contribution in [0.3, 0.4) is 0 Å². The first kappa shape index (κ1) is 16.6. The Hall–Kier alpha value is -1.46. The quantitative estimate of drug-likeness (QED) is 0.178. The van der Waals surface area contributed by atoms with Crippen LogP contribution in [-0.4, -0.2) is 74.3 Å². The molecule has 1 saturated heterocycles. The minimum atomic E-state index is -2.72. The molecule has 6 unspecified atom stereocenters. The number of carbonyl (C=O) groups is 1. The molecule has 1 aliphatic heterocycles. The van der Waals surface area contributed by atoms with Crippen molar-refractivity contribution in [3.8, 4) is 0 Å². The van der Waals surface area contributed by atoms with Crippen molar-refractivity contribution in [3.63, 3.8) is 0 Å². The zero-order valence-corrected chi connectivity index (χ0v) is 10.3. The minimum Gasteiger partial charge on any atom is -0.477 e. The van der Waals surface area contributed by atoms with Crippen LogP contribution in [0.25, 0.3) is 10.4 Å². The van der Waals surface area contributed by atoms with Crippen LogP contribution in [0, 0.1) is 0 Å². The Labute approximate surface area is 112 Å². The summed E-state index contributed by atoms with van der Waals surface area (Å²) in [6.45, 7) is -0.508. The molecule has 11 heteroatoms. The first-order chi connectivity index (χ1) is 9.23. The number of azide groups is 1. The zero-order chi connectivity index (χ0) is 15.5. The smallest absolute Gasteiger partial charge is 0.364 e. The van der Waals surface area contributed by atoms with Crippen molar-refractivity contribution < 1.29 is 35.1 Å². The lowest BCUT2D eigenvalue weighted by Crippen LogP contribution is -2.65. The lowest BCUT2D eigenvalue weighted by molar-refractivity contribution is -0.291. The van der Waals surface area contributed by atoms with E-state index < -0.39 is 55.2 Å². The summed E-state index contributed by atoms with van der Waals surface area (Å²) in [5, 5.41) is 50.6. The maximum atomic E-state index is 10.9. The third-order valence-corrected chi connectivity index (χ3v) is 3.04. The molecule has 0 radical (unpaired) electrons. The van der Waals surface area contributed by atoms with Gasteiger partial charge in [-0.3, -0.25) is 0 Å². The van der Waals surface area contributed by atoms with Crippen LogP contribution in [-0.2, 0) is 9.53 Å². The van der Waals surface area contributed by atoms with Gasteiger partial charge in [-0.1, -0.05) is 5.11 Å². The first-order valence-electron chi connectivity index (χ1n) is 5.67. The van der Waals surface area contributed by atoms with Gasteiger partial charge in [-0.15, -0.1) is 0 Å². The third-order valence-electron chi connectivity index (χ3n) is 3.04. The summed E-state index contributed by atoms with van der Waals surface area (Å²) in [5.74, 6) is -4.48. The second kappa shape index (κ2) is 6.33. The summed E-state index contributed by atoms with van der Waals surface area (Å²) < 4.78 is 4.81. The van der Waals surface area contributed by atoms with Gasteiger partial charge >= 0.3 is 5.97 Å². The Morgan fingerprint density at radius 2 is 2.20 bits per heavy atom. The van der Waals surface area contributed by atoms with E-state index in [9.17, 15) is 25.2 Å². The third kappa shape index (κ3) is 3.35. The van der Waals surface area contributed by atoms with Crippen molar-refractivity contribution in [2.45, 2.75) is 42.7 Å². The number of rotatable bonds is 5. The predicted octanol–water partition coefficient (Wildman–Crippen LogP) is -2.73. The summed E-state index contributed by atoms with van der Waals surface area (Å²) in [6, 6.07) is -1.23. The highest BCUT2D eigenvalue weighted by molar-refractivity contribution is 5.75. The van der Waals surface area contributed by atoms with Crippen molar-refractivity contribution in [1.82, 2.24) is 0 Å². The van der Waals surface area contributed by atoms with Crippen LogP contribution < -0.4 is 5.73 Å². The van der Waals surface area contributed by atoms with Crippen molar-refractivity contribution in [2.75, 3.05) is 6.54 Å². The largest absolute Gasteiger partial charge is 0.477 e. The molecule has 0 aromatic carbocycles. The van der Waals surface area contributed by atoms with Gasteiger partial charge in [0.25, 0.3) is 5.79 Å². The Morgan fingerprint density at radius 1 is 1.60 bits per heavy atom. The predicted molar refractivity (Wildman–Crippen MR) is 62.1 cm³/mol. The highest BCUT2D eigenvalue weighted by Gasteiger charge is 2.52. The van der Waals surface area contributed by atoms with Gasteiger partial charge in [0.1, 0.15) is 12.2 Å². The van der Waals surface area contributed by atoms with Crippen molar-refractivity contribution in [3.05, 3.63) is 10.4 Å². The number of hydrogen-bond donors (Lipinski definition) is 6. The number of nitrogens with zero attached hydrogens (tertiary/aromatic N) is 3. The van der Waals surface area contributed by atoms with E-state index in [1.807, 2.05) is 0 Å². The highest BCUT2D eigenvalue weighted by Crippen LogP contribution is 2.29. The summed E-state index contributed by atoms with van der Waals surface area (Å²) in [5.41, 5.74) is 13.7. The first-order valence-corrected chi connectivity index (χ1v) is 5.67. The normalized spacial score (nSPS) is 36.8. The summed E-state index contributed by atoms with van der Waals surface area (Å²) >= 11 is 0. The number of carboxylic acid groups (broad SMARTS) is 1. The Morgan fingerprint density at radius 3 is 2.70 bits per heavy atom. The Kier molecular flexibility index (Phi) is 5.25. The number of nitrogens with two attached hydrogens (primary N) is 1. The van der Waals surface area contributed by atoms with Crippen molar-refractivity contribution >= 4 is 5.97 Å². The van der Waals surface area contributed by atoms with Gasteiger partial charge in [0.2, 0.25) is 0 Å². The molecule has 114 valence electrons. The molecule has 1 aliphatic rings. The molecule has 0 spiro atoms. The van der Waals surface area contributed by atoms with Crippen LogP contribution in [0.4, 0.5) is 0 Å². The lowest BCUT2D eigenvalue weighted by Gasteiger charge is -2.43. The minimum absolute atomic E-state index is 0.508. The second-order valence-corrected chi connectivity index (χ2v) is 4.49. The number of ether oxygens (including phenoxy) is 1. The molecule has 6 atom stereocenters. The number of aliphatic hydroxyl groups excluding tert-OH is 3. The van der Waals surface area contributed by atoms with Crippen LogP contribution >= 0.6 is 0 Å². The van der Waals surface area contributed by atoms with E-state index in [-0.39, 0.29) is 0 Å². The van der Waals surface area contributed by atoms with E-state index in [4.69, 9.17) is 21.1 Å². The average Bonchev–Trinajstić information content (AvgIpc) is 2.39. The molecule has 0 bridgehead atoms. The van der Waals surface area contributed by atoms with E-state index in [0.717, 1.165) is 0 Å². The standard InChI is InChI=1S/C9H16N4O7/c10-5-3(14)1-9(19,8(17)18)20-7(5)6(16)4(15)2-12-13-11/h3-7,14-16,19H,1-2,10H2,(H,17,18). The molecule has 0 saturated carbocycles. The molecule has 0 aliphatic carbocycles. The van der Waals surface area contributed by atoms with Gasteiger partial charge in [0, 0.05) is 11.3 Å². The molecule has 20 heavy (non-hydrogen) atoms. The van der Waals surface area contributed by atoms with E-state index in [1.54, 1.807) is 0 Å². The number of aliphatic hydroxyl groups is 4. The number of carboxylic acids is 1. The molecular formula is C9H16N4O7. The fourth-order valence-corrected chi connectivity index (χ4v) is 1.87. The topological polar surface area (TPSA) is 202 Å². The summed E-state index contributed by atoms with van der Waals surface area (Å²) in [6.07, 6.45) is -7.04. The zero-order valence-electron chi connectivity index (χ0n) is 10.3. The van der Waals surface area contributed by atoms with Crippen molar-refractivity contribution in [1.29, 1.82) is 0 Å². The molecular weight excluding hydrogens is 276 g/mol. The molecule has 7 N–H and O–H groups in total. The van der Waals surface area contributed by atoms with Gasteiger partial charge < -0.3 is 36.0 Å². The molecule has 11 nitrogen and oxygen atoms in total. The van der Waals surface area contributed by atoms with E-state index in [1.165, 1.54) is 0 Å². The second-order valence-electron chi connectivity index (χ2n) is 4.49. The maximum Gasteiger partial charge on any atom is 0.364 e. The van der Waals surface area contributed by atoms with Crippen LogP contribution in [0.1, 0.15) is 6.42 Å². The number of hydrogen-bond acceptors (Lipinski definition) is 8. The van der Waals surface area contributed by atoms with Crippen LogP contribution in [0.15, 0.2) is 5.11 Å². The monoisotopic (exact) mass is 292 g/mol. The maximum absolute atomic E-state index is 10.9. The van der Waals surface area contributed by atoms with Gasteiger partial charge in [-0.05, 0) is 5.53 Å². The Bertz CT molecular complexity index is 415. The van der Waals surface area contributed by atoms with Crippen LogP contribution in [0.2, 0.25) is 0 Å². The Balaban J connectivity index is 2.90. The van der Waals surface area contributed by atoms with Crippen LogP contribution in [0.5, 0.6) is 0 Å². The van der Waals surface area contributed by atoms with Gasteiger partial charge in [-0.2, -0.15) is 0 Å². The summed E-state index contributed by atoms with van der Waals surface area (Å²) in [4.78, 5) is 13.3. The van der Waals surface area contributed by atoms with Gasteiger partial charge in [0.15, 0.2) is 0 Å². The fraction of sp³-hybridized carbons (Fsp3) is 0.889. The number of aliphatic carboxylic acids is 1. The fourth-order valence-electron chi connectivity index (χ4n) is 1.87. The van der Waals surface area contributed by atoms with Gasteiger partial charge in [0.05, 0.1) is 24.8 Å². The SMILES string of the molecule is [N-]=[N+]=NCC(O)C(O)C1OC(O)(C(=O)O)CC(O)C1N. The average molecular weight is 292 g/mol. The molecule has 1 rings (SSSR count). The van der Waals surface area contributed by atoms with E-state index >= 15 is 0 Å². The molecule has 1 fully saturated rings. The summed E-state index contributed by atoms with van der Waals surface area (Å²) in [7, 11) is 0. The lowest BCUT2D eigenvalue weighted by atomic mass is 9.89. The molecule has 0 aromatic heterocycles. The van der Waals surface area contributed by atoms with E-state index in [2.05, 4.69) is 10.0 Å². The molecule has 0 amide bonds. The highest BCUT2D eigenvalue weighted by atomic mass is 16.7. The molecule has 0 aromatic rings. The molecule has 1 heterocycles. The van der Waals surface area contributed by atoms with Crippen molar-refractivity contribution in [2.24, 2.45) is 10.8 Å². The van der Waals surface area contributed by atoms with E-state index in [0.29, 0.717) is 0 Å².